The van der Waals surface area contributed by atoms with Crippen molar-refractivity contribution in [1.82, 2.24) is 20.1 Å². The van der Waals surface area contributed by atoms with Gasteiger partial charge in [-0.15, -0.1) is 10.2 Å². The molecule has 1 N–H and O–H groups in total. The van der Waals surface area contributed by atoms with Crippen molar-refractivity contribution < 1.29 is 19.0 Å². The van der Waals surface area contributed by atoms with Crippen molar-refractivity contribution in [2.75, 3.05) is 45.4 Å². The third-order valence-electron chi connectivity index (χ3n) is 5.77. The number of rotatable bonds is 9. The number of anilines is 1. The third kappa shape index (κ3) is 5.88. The number of nitrogens with zero attached hydrogens (tertiary/aromatic N) is 4. The van der Waals surface area contributed by atoms with E-state index in [1.54, 1.807) is 14.2 Å². The first-order chi connectivity index (χ1) is 17.0. The van der Waals surface area contributed by atoms with Crippen LogP contribution in [0.15, 0.2) is 47.6 Å². The van der Waals surface area contributed by atoms with Gasteiger partial charge in [0.2, 0.25) is 11.9 Å². The smallest absolute Gasteiger partial charge is 0.233 e. The number of amides is 1. The van der Waals surface area contributed by atoms with Crippen molar-refractivity contribution in [2.24, 2.45) is 0 Å². The highest BCUT2D eigenvalue weighted by Crippen LogP contribution is 2.30. The number of carbonyl (C=O) groups is 1. The quantitative estimate of drug-likeness (QED) is 0.451. The molecular weight excluding hydrogens is 466 g/mol. The van der Waals surface area contributed by atoms with Crippen LogP contribution in [-0.4, -0.2) is 66.4 Å². The zero-order valence-electron chi connectivity index (χ0n) is 20.5. The van der Waals surface area contributed by atoms with E-state index in [1.807, 2.05) is 29.7 Å². The Morgan fingerprint density at radius 3 is 2.49 bits per heavy atom. The molecule has 1 atom stereocenters. The van der Waals surface area contributed by atoms with Crippen LogP contribution in [0.1, 0.15) is 18.1 Å². The number of hydrogen-bond acceptors (Lipinski definition) is 8. The molecule has 1 aromatic heterocycles. The zero-order chi connectivity index (χ0) is 24.8. The van der Waals surface area contributed by atoms with Gasteiger partial charge >= 0.3 is 0 Å². The number of aryl methyl sites for hydroxylation is 1. The van der Waals surface area contributed by atoms with E-state index < -0.39 is 0 Å². The number of nitrogens with one attached hydrogen (secondary N) is 1. The number of methoxy groups -OCH3 is 2. The zero-order valence-corrected chi connectivity index (χ0v) is 21.3. The number of hydrogen-bond donors (Lipinski definition) is 1. The first-order valence-corrected chi connectivity index (χ1v) is 12.4. The molecule has 35 heavy (non-hydrogen) atoms. The lowest BCUT2D eigenvalue weighted by Crippen LogP contribution is -2.38. The largest absolute Gasteiger partial charge is 0.493 e. The van der Waals surface area contributed by atoms with Crippen molar-refractivity contribution in [1.29, 1.82) is 0 Å². The molecule has 1 fully saturated rings. The average molecular weight is 498 g/mol. The molecule has 0 aliphatic carbocycles. The number of carbonyl (C=O) groups excluding carboxylic acids is 1. The number of ether oxygens (including phenoxy) is 3. The third-order valence-corrected chi connectivity index (χ3v) is 6.81. The fraction of sp³-hybridized carbons (Fsp3) is 0.400. The highest BCUT2D eigenvalue weighted by molar-refractivity contribution is 8.00. The van der Waals surface area contributed by atoms with Crippen LogP contribution in [0.5, 0.6) is 11.5 Å². The maximum absolute atomic E-state index is 12.9. The van der Waals surface area contributed by atoms with Crippen molar-refractivity contribution in [3.05, 3.63) is 53.6 Å². The molecule has 2 heterocycles. The van der Waals surface area contributed by atoms with Crippen LogP contribution in [0, 0.1) is 6.92 Å². The highest BCUT2D eigenvalue weighted by Gasteiger charge is 2.25. The van der Waals surface area contributed by atoms with Gasteiger partial charge in [0, 0.05) is 19.6 Å². The lowest BCUT2D eigenvalue weighted by atomic mass is 10.2. The van der Waals surface area contributed by atoms with E-state index in [2.05, 4.69) is 51.6 Å². The molecule has 0 saturated carbocycles. The van der Waals surface area contributed by atoms with E-state index in [0.717, 1.165) is 30.3 Å². The summed E-state index contributed by atoms with van der Waals surface area (Å²) in [6, 6.07) is 13.8. The molecule has 4 rings (SSSR count). The molecule has 0 unspecified atom stereocenters. The predicted octanol–water partition coefficient (Wildman–Crippen LogP) is 3.23. The van der Waals surface area contributed by atoms with Gasteiger partial charge in [-0.25, -0.2) is 0 Å². The molecule has 0 radical (unpaired) electrons. The summed E-state index contributed by atoms with van der Waals surface area (Å²) in [6.45, 7) is 7.10. The van der Waals surface area contributed by atoms with E-state index in [0.29, 0.717) is 36.4 Å². The van der Waals surface area contributed by atoms with Gasteiger partial charge in [0.05, 0.1) is 38.4 Å². The van der Waals surface area contributed by atoms with Crippen molar-refractivity contribution in [2.45, 2.75) is 30.8 Å². The summed E-state index contributed by atoms with van der Waals surface area (Å²) in [5.41, 5.74) is 3.06. The molecule has 3 aromatic rings. The minimum Gasteiger partial charge on any atom is -0.493 e. The second-order valence-corrected chi connectivity index (χ2v) is 9.53. The maximum Gasteiger partial charge on any atom is 0.233 e. The van der Waals surface area contributed by atoms with E-state index in [1.165, 1.54) is 17.3 Å². The first-order valence-electron chi connectivity index (χ1n) is 11.5. The first kappa shape index (κ1) is 24.9. The fourth-order valence-electron chi connectivity index (χ4n) is 3.76. The highest BCUT2D eigenvalue weighted by atomic mass is 32.2. The van der Waals surface area contributed by atoms with Crippen LogP contribution >= 0.6 is 11.8 Å². The lowest BCUT2D eigenvalue weighted by molar-refractivity contribution is -0.120. The summed E-state index contributed by atoms with van der Waals surface area (Å²) < 4.78 is 18.2. The Morgan fingerprint density at radius 2 is 1.80 bits per heavy atom. The predicted molar refractivity (Wildman–Crippen MR) is 136 cm³/mol. The SMILES string of the molecule is COc1ccc(CNC(=O)[C@H](C)Sc2nnc(N3CCOCC3)n2-c2ccc(C)cc2)cc1OC. The minimum absolute atomic E-state index is 0.0869. The minimum atomic E-state index is -0.374. The lowest BCUT2D eigenvalue weighted by Gasteiger charge is -2.28. The molecule has 186 valence electrons. The molecule has 0 bridgehead atoms. The Hall–Kier alpha value is -3.24. The monoisotopic (exact) mass is 497 g/mol. The molecule has 1 amide bonds. The summed E-state index contributed by atoms with van der Waals surface area (Å²) in [5.74, 6) is 1.95. The molecule has 2 aromatic carbocycles. The van der Waals surface area contributed by atoms with Gasteiger partial charge in [-0.3, -0.25) is 9.36 Å². The Bertz CT molecular complexity index is 1150. The van der Waals surface area contributed by atoms with E-state index in [4.69, 9.17) is 14.2 Å². The van der Waals surface area contributed by atoms with Gasteiger partial charge in [0.25, 0.3) is 0 Å². The average Bonchev–Trinajstić information content (AvgIpc) is 3.31. The van der Waals surface area contributed by atoms with Crippen LogP contribution in [0.25, 0.3) is 5.69 Å². The van der Waals surface area contributed by atoms with Gasteiger partial charge in [-0.2, -0.15) is 0 Å². The Morgan fingerprint density at radius 1 is 1.09 bits per heavy atom. The summed E-state index contributed by atoms with van der Waals surface area (Å²) in [4.78, 5) is 15.1. The van der Waals surface area contributed by atoms with E-state index in [9.17, 15) is 4.79 Å². The molecule has 9 nitrogen and oxygen atoms in total. The number of aromatic nitrogens is 3. The van der Waals surface area contributed by atoms with Crippen LogP contribution in [-0.2, 0) is 16.1 Å². The fourth-order valence-corrected chi connectivity index (χ4v) is 4.65. The van der Waals surface area contributed by atoms with E-state index in [-0.39, 0.29) is 11.2 Å². The van der Waals surface area contributed by atoms with Crippen molar-refractivity contribution >= 4 is 23.6 Å². The van der Waals surface area contributed by atoms with Crippen molar-refractivity contribution in [3.63, 3.8) is 0 Å². The van der Waals surface area contributed by atoms with Crippen LogP contribution in [0.3, 0.4) is 0 Å². The van der Waals surface area contributed by atoms with E-state index >= 15 is 0 Å². The van der Waals surface area contributed by atoms with Crippen LogP contribution in [0.2, 0.25) is 0 Å². The van der Waals surface area contributed by atoms with Crippen LogP contribution < -0.4 is 19.7 Å². The number of thioether (sulfide) groups is 1. The Kier molecular flexibility index (Phi) is 8.14. The summed E-state index contributed by atoms with van der Waals surface area (Å²) in [5, 5.41) is 12.2. The van der Waals surface area contributed by atoms with Gasteiger partial charge in [0.1, 0.15) is 0 Å². The second-order valence-electron chi connectivity index (χ2n) is 8.22. The molecular formula is C25H31N5O4S. The topological polar surface area (TPSA) is 90.7 Å². The van der Waals surface area contributed by atoms with Gasteiger partial charge in [-0.1, -0.05) is 35.5 Å². The molecule has 1 aliphatic heterocycles. The van der Waals surface area contributed by atoms with Crippen molar-refractivity contribution in [3.8, 4) is 17.2 Å². The standard InChI is InChI=1S/C25H31N5O4S/c1-17-5-8-20(9-6-17)30-24(29-11-13-34-14-12-29)27-28-25(30)35-18(2)23(31)26-16-19-7-10-21(32-3)22(15-19)33-4/h5-10,15,18H,11-14,16H2,1-4H3,(H,26,31)/t18-/m0/s1. The summed E-state index contributed by atoms with van der Waals surface area (Å²) >= 11 is 1.39. The maximum atomic E-state index is 12.9. The molecule has 1 saturated heterocycles. The number of benzene rings is 2. The van der Waals surface area contributed by atoms with Gasteiger partial charge < -0.3 is 24.4 Å². The van der Waals surface area contributed by atoms with Gasteiger partial charge in [-0.05, 0) is 43.7 Å². The second kappa shape index (κ2) is 11.5. The Labute approximate surface area is 209 Å². The molecule has 0 spiro atoms. The summed E-state index contributed by atoms with van der Waals surface area (Å²) in [6.07, 6.45) is 0. The van der Waals surface area contributed by atoms with Gasteiger partial charge in [0.15, 0.2) is 16.7 Å². The molecule has 1 aliphatic rings. The summed E-state index contributed by atoms with van der Waals surface area (Å²) in [7, 11) is 3.19. The number of morpholine rings is 1. The van der Waals surface area contributed by atoms with Crippen LogP contribution in [0.4, 0.5) is 5.95 Å². The molecule has 10 heteroatoms. The Balaban J connectivity index is 1.49. The normalized spacial score (nSPS) is 14.5.